The van der Waals surface area contributed by atoms with Crippen molar-refractivity contribution in [2.24, 2.45) is 7.05 Å². The van der Waals surface area contributed by atoms with E-state index in [9.17, 15) is 13.6 Å². The SMILES string of the molecule is COc1ccccc1-c1cc(C(F)F)n2ncc(C(=O)NCc3ccn(C)n3)c2n1. The summed E-state index contributed by atoms with van der Waals surface area (Å²) in [5.74, 6) is -0.00391. The minimum Gasteiger partial charge on any atom is -0.496 e. The lowest BCUT2D eigenvalue weighted by atomic mass is 10.1. The number of fused-ring (bicyclic) bond motifs is 1. The highest BCUT2D eigenvalue weighted by molar-refractivity contribution is 5.99. The maximum Gasteiger partial charge on any atom is 0.280 e. The van der Waals surface area contributed by atoms with E-state index in [1.165, 1.54) is 19.4 Å². The van der Waals surface area contributed by atoms with Crippen molar-refractivity contribution in [3.8, 4) is 17.0 Å². The highest BCUT2D eigenvalue weighted by Gasteiger charge is 2.22. The number of aryl methyl sites for hydroxylation is 1. The molecule has 30 heavy (non-hydrogen) atoms. The molecule has 3 heterocycles. The number of hydrogen-bond donors (Lipinski definition) is 1. The average molecular weight is 412 g/mol. The number of para-hydroxylation sites is 1. The quantitative estimate of drug-likeness (QED) is 0.526. The number of alkyl halides is 2. The molecule has 0 fully saturated rings. The van der Waals surface area contributed by atoms with Crippen LogP contribution in [0.5, 0.6) is 5.75 Å². The van der Waals surface area contributed by atoms with E-state index in [1.54, 1.807) is 48.3 Å². The van der Waals surface area contributed by atoms with Gasteiger partial charge in [-0.25, -0.2) is 18.3 Å². The molecule has 4 rings (SSSR count). The minimum absolute atomic E-state index is 0.0345. The van der Waals surface area contributed by atoms with Crippen molar-refractivity contribution in [1.82, 2.24) is 29.7 Å². The molecule has 0 aliphatic rings. The van der Waals surface area contributed by atoms with E-state index in [0.717, 1.165) is 4.52 Å². The van der Waals surface area contributed by atoms with Gasteiger partial charge in [0.25, 0.3) is 12.3 Å². The van der Waals surface area contributed by atoms with Crippen LogP contribution < -0.4 is 10.1 Å². The fourth-order valence-corrected chi connectivity index (χ4v) is 3.12. The summed E-state index contributed by atoms with van der Waals surface area (Å²) in [4.78, 5) is 17.1. The zero-order valence-corrected chi connectivity index (χ0v) is 16.2. The highest BCUT2D eigenvalue weighted by atomic mass is 19.3. The average Bonchev–Trinajstić information content (AvgIpc) is 3.37. The normalized spacial score (nSPS) is 11.2. The molecular weight excluding hydrogens is 394 g/mol. The summed E-state index contributed by atoms with van der Waals surface area (Å²) in [6.45, 7) is 0.185. The summed E-state index contributed by atoms with van der Waals surface area (Å²) in [7, 11) is 3.26. The van der Waals surface area contributed by atoms with E-state index in [2.05, 4.69) is 20.5 Å². The largest absolute Gasteiger partial charge is 0.496 e. The Hall–Kier alpha value is -3.82. The molecular formula is C20H18F2N6O2. The fraction of sp³-hybridized carbons (Fsp3) is 0.200. The van der Waals surface area contributed by atoms with Crippen LogP contribution in [-0.4, -0.2) is 37.4 Å². The van der Waals surface area contributed by atoms with Crippen LogP contribution in [0.2, 0.25) is 0 Å². The van der Waals surface area contributed by atoms with Crippen molar-refractivity contribution >= 4 is 11.6 Å². The molecule has 0 bridgehead atoms. The van der Waals surface area contributed by atoms with Crippen LogP contribution in [0.3, 0.4) is 0 Å². The molecule has 1 N–H and O–H groups in total. The van der Waals surface area contributed by atoms with Gasteiger partial charge in [-0.1, -0.05) is 12.1 Å². The third-order valence-electron chi connectivity index (χ3n) is 4.55. The number of amides is 1. The molecule has 4 aromatic rings. The summed E-state index contributed by atoms with van der Waals surface area (Å²) < 4.78 is 35.4. The summed E-state index contributed by atoms with van der Waals surface area (Å²) in [5.41, 5.74) is 1.21. The number of halogens is 2. The van der Waals surface area contributed by atoms with Crippen LogP contribution in [0.4, 0.5) is 8.78 Å². The lowest BCUT2D eigenvalue weighted by Crippen LogP contribution is -2.23. The first-order valence-electron chi connectivity index (χ1n) is 9.05. The van der Waals surface area contributed by atoms with Gasteiger partial charge in [0.2, 0.25) is 0 Å². The summed E-state index contributed by atoms with van der Waals surface area (Å²) >= 11 is 0. The molecule has 0 radical (unpaired) electrons. The minimum atomic E-state index is -2.81. The van der Waals surface area contributed by atoms with Crippen LogP contribution in [0.15, 0.2) is 48.8 Å². The lowest BCUT2D eigenvalue weighted by molar-refractivity contribution is 0.0951. The van der Waals surface area contributed by atoms with Crippen LogP contribution >= 0.6 is 0 Å². The number of ether oxygens (including phenoxy) is 1. The number of nitrogens with zero attached hydrogens (tertiary/aromatic N) is 5. The monoisotopic (exact) mass is 412 g/mol. The number of benzene rings is 1. The maximum absolute atomic E-state index is 13.7. The molecule has 1 amide bonds. The van der Waals surface area contributed by atoms with Crippen molar-refractivity contribution in [1.29, 1.82) is 0 Å². The van der Waals surface area contributed by atoms with Crippen LogP contribution in [-0.2, 0) is 13.6 Å². The number of rotatable bonds is 6. The van der Waals surface area contributed by atoms with E-state index >= 15 is 0 Å². The van der Waals surface area contributed by atoms with Gasteiger partial charge in [-0.05, 0) is 24.3 Å². The molecule has 0 aliphatic carbocycles. The van der Waals surface area contributed by atoms with Gasteiger partial charge in [-0.3, -0.25) is 9.48 Å². The standard InChI is InChI=1S/C20H18F2N6O2/c1-27-8-7-12(26-27)10-23-20(29)14-11-24-28-16(18(21)22)9-15(25-19(14)28)13-5-3-4-6-17(13)30-2/h3-9,11,18H,10H2,1-2H3,(H,23,29). The van der Waals surface area contributed by atoms with Gasteiger partial charge in [0, 0.05) is 18.8 Å². The second-order valence-corrected chi connectivity index (χ2v) is 6.52. The Labute approximate surface area is 170 Å². The van der Waals surface area contributed by atoms with Crippen molar-refractivity contribution in [3.05, 3.63) is 65.7 Å². The van der Waals surface area contributed by atoms with E-state index in [4.69, 9.17) is 4.74 Å². The predicted octanol–water partition coefficient (Wildman–Crippen LogP) is 3.01. The molecule has 154 valence electrons. The van der Waals surface area contributed by atoms with E-state index < -0.39 is 12.3 Å². The Bertz CT molecular complexity index is 1220. The van der Waals surface area contributed by atoms with Crippen molar-refractivity contribution in [2.45, 2.75) is 13.0 Å². The summed E-state index contributed by atoms with van der Waals surface area (Å²) in [5, 5.41) is 10.9. The molecule has 1 aromatic carbocycles. The number of methoxy groups -OCH3 is 1. The van der Waals surface area contributed by atoms with E-state index in [-0.39, 0.29) is 29.1 Å². The first kappa shape index (κ1) is 19.5. The van der Waals surface area contributed by atoms with Gasteiger partial charge in [0.1, 0.15) is 17.0 Å². The molecule has 0 saturated carbocycles. The highest BCUT2D eigenvalue weighted by Crippen LogP contribution is 2.32. The third-order valence-corrected chi connectivity index (χ3v) is 4.55. The molecule has 0 atom stereocenters. The molecule has 8 nitrogen and oxygen atoms in total. The van der Waals surface area contributed by atoms with Gasteiger partial charge in [0.05, 0.1) is 31.2 Å². The van der Waals surface area contributed by atoms with Crippen molar-refractivity contribution in [3.63, 3.8) is 0 Å². The van der Waals surface area contributed by atoms with Crippen molar-refractivity contribution in [2.75, 3.05) is 7.11 Å². The maximum atomic E-state index is 13.7. The van der Waals surface area contributed by atoms with Gasteiger partial charge >= 0.3 is 0 Å². The topological polar surface area (TPSA) is 86.3 Å². The lowest BCUT2D eigenvalue weighted by Gasteiger charge is -2.11. The van der Waals surface area contributed by atoms with Crippen molar-refractivity contribution < 1.29 is 18.3 Å². The zero-order chi connectivity index (χ0) is 21.3. The van der Waals surface area contributed by atoms with Crippen LogP contribution in [0.25, 0.3) is 16.9 Å². The van der Waals surface area contributed by atoms with Gasteiger partial charge in [-0.15, -0.1) is 0 Å². The Balaban J connectivity index is 1.76. The Kier molecular flexibility index (Phi) is 5.13. The van der Waals surface area contributed by atoms with Gasteiger partial charge in [-0.2, -0.15) is 10.2 Å². The summed E-state index contributed by atoms with van der Waals surface area (Å²) in [6, 6.07) is 9.96. The number of carbonyl (C=O) groups excluding carboxylic acids is 1. The van der Waals surface area contributed by atoms with Crippen LogP contribution in [0.1, 0.15) is 28.2 Å². The molecule has 10 heteroatoms. The Morgan fingerprint density at radius 1 is 1.27 bits per heavy atom. The zero-order valence-electron chi connectivity index (χ0n) is 16.2. The number of hydrogen-bond acceptors (Lipinski definition) is 5. The third kappa shape index (κ3) is 3.59. The van der Waals surface area contributed by atoms with Gasteiger partial charge < -0.3 is 10.1 Å². The van der Waals surface area contributed by atoms with E-state index in [0.29, 0.717) is 17.0 Å². The van der Waals surface area contributed by atoms with Crippen LogP contribution in [0, 0.1) is 0 Å². The molecule has 0 aliphatic heterocycles. The Morgan fingerprint density at radius 2 is 2.07 bits per heavy atom. The first-order valence-corrected chi connectivity index (χ1v) is 9.05. The predicted molar refractivity (Wildman–Crippen MR) is 104 cm³/mol. The molecule has 0 saturated heterocycles. The fourth-order valence-electron chi connectivity index (χ4n) is 3.12. The number of nitrogens with one attached hydrogen (secondary N) is 1. The number of carbonyl (C=O) groups is 1. The number of aromatic nitrogens is 5. The first-order chi connectivity index (χ1) is 14.5. The summed E-state index contributed by atoms with van der Waals surface area (Å²) in [6.07, 6.45) is 0.175. The van der Waals surface area contributed by atoms with Gasteiger partial charge in [0.15, 0.2) is 5.65 Å². The molecule has 0 unspecified atom stereocenters. The van der Waals surface area contributed by atoms with E-state index in [1.807, 2.05) is 0 Å². The second-order valence-electron chi connectivity index (χ2n) is 6.52. The second kappa shape index (κ2) is 7.90. The molecule has 3 aromatic heterocycles. The smallest absolute Gasteiger partial charge is 0.280 e. The molecule has 0 spiro atoms. The Morgan fingerprint density at radius 3 is 2.77 bits per heavy atom.